The van der Waals surface area contributed by atoms with E-state index in [0.29, 0.717) is 12.6 Å². The summed E-state index contributed by atoms with van der Waals surface area (Å²) >= 11 is 0. The first-order valence-corrected chi connectivity index (χ1v) is 9.04. The van der Waals surface area contributed by atoms with Crippen LogP contribution in [0.1, 0.15) is 50.0 Å². The van der Waals surface area contributed by atoms with E-state index in [0.717, 1.165) is 31.1 Å². The Labute approximate surface area is 139 Å². The smallest absolute Gasteiger partial charge is 0.238 e. The number of benzene rings is 1. The fraction of sp³-hybridized carbons (Fsp3) is 0.632. The van der Waals surface area contributed by atoms with Crippen molar-refractivity contribution in [3.63, 3.8) is 0 Å². The monoisotopic (exact) mass is 315 g/mol. The molecule has 1 saturated heterocycles. The number of nitrogens with zero attached hydrogens (tertiary/aromatic N) is 1. The summed E-state index contributed by atoms with van der Waals surface area (Å²) < 4.78 is 0. The minimum atomic E-state index is 0.0900. The van der Waals surface area contributed by atoms with Gasteiger partial charge in [0, 0.05) is 24.8 Å². The SMILES string of the molecule is CN[C@@H]1CCN(CC(=O)Nc2ccc(C3CCCCC3)cc2)C1. The Morgan fingerprint density at radius 1 is 1.13 bits per heavy atom. The van der Waals surface area contributed by atoms with Crippen LogP contribution in [-0.4, -0.2) is 43.5 Å². The average Bonchev–Trinajstić information content (AvgIpc) is 3.04. The van der Waals surface area contributed by atoms with Crippen LogP contribution in [0.2, 0.25) is 0 Å². The lowest BCUT2D eigenvalue weighted by Gasteiger charge is -2.22. The third-order valence-electron chi connectivity index (χ3n) is 5.32. The summed E-state index contributed by atoms with van der Waals surface area (Å²) in [7, 11) is 1.99. The van der Waals surface area contributed by atoms with Gasteiger partial charge in [0.05, 0.1) is 6.54 Å². The van der Waals surface area contributed by atoms with Gasteiger partial charge in [-0.2, -0.15) is 0 Å². The highest BCUT2D eigenvalue weighted by atomic mass is 16.2. The quantitative estimate of drug-likeness (QED) is 0.878. The summed E-state index contributed by atoms with van der Waals surface area (Å²) in [6, 6.07) is 9.03. The van der Waals surface area contributed by atoms with Crippen LogP contribution in [0.4, 0.5) is 5.69 Å². The summed E-state index contributed by atoms with van der Waals surface area (Å²) in [6.45, 7) is 2.45. The van der Waals surface area contributed by atoms with Crippen LogP contribution in [0.3, 0.4) is 0 Å². The zero-order valence-corrected chi connectivity index (χ0v) is 14.2. The molecule has 1 amide bonds. The molecular formula is C19H29N3O. The lowest BCUT2D eigenvalue weighted by molar-refractivity contribution is -0.117. The van der Waals surface area contributed by atoms with Gasteiger partial charge in [-0.15, -0.1) is 0 Å². The van der Waals surface area contributed by atoms with Gasteiger partial charge in [0.2, 0.25) is 5.91 Å². The molecule has 1 aromatic carbocycles. The summed E-state index contributed by atoms with van der Waals surface area (Å²) in [5, 5.41) is 6.31. The molecule has 1 aromatic rings. The molecule has 1 atom stereocenters. The lowest BCUT2D eigenvalue weighted by atomic mass is 9.84. The van der Waals surface area contributed by atoms with Crippen molar-refractivity contribution in [1.82, 2.24) is 10.2 Å². The molecule has 2 N–H and O–H groups in total. The van der Waals surface area contributed by atoms with E-state index in [2.05, 4.69) is 39.8 Å². The van der Waals surface area contributed by atoms with Crippen LogP contribution in [0.5, 0.6) is 0 Å². The number of likely N-dealkylation sites (tertiary alicyclic amines) is 1. The molecular weight excluding hydrogens is 286 g/mol. The van der Waals surface area contributed by atoms with Crippen molar-refractivity contribution >= 4 is 11.6 Å². The molecule has 4 nitrogen and oxygen atoms in total. The summed E-state index contributed by atoms with van der Waals surface area (Å²) in [5.41, 5.74) is 2.35. The fourth-order valence-electron chi connectivity index (χ4n) is 3.89. The van der Waals surface area contributed by atoms with Gasteiger partial charge in [0.25, 0.3) is 0 Å². The van der Waals surface area contributed by atoms with Gasteiger partial charge >= 0.3 is 0 Å². The summed E-state index contributed by atoms with van der Waals surface area (Å²) in [4.78, 5) is 14.4. The maximum absolute atomic E-state index is 12.2. The van der Waals surface area contributed by atoms with Crippen LogP contribution >= 0.6 is 0 Å². The van der Waals surface area contributed by atoms with E-state index < -0.39 is 0 Å². The lowest BCUT2D eigenvalue weighted by Crippen LogP contribution is -2.34. The molecule has 23 heavy (non-hydrogen) atoms. The second kappa shape index (κ2) is 7.93. The second-order valence-electron chi connectivity index (χ2n) is 7.01. The zero-order valence-electron chi connectivity index (χ0n) is 14.2. The maximum Gasteiger partial charge on any atom is 0.238 e. The van der Waals surface area contributed by atoms with E-state index in [-0.39, 0.29) is 5.91 Å². The molecule has 0 radical (unpaired) electrons. The van der Waals surface area contributed by atoms with Crippen LogP contribution in [-0.2, 0) is 4.79 Å². The van der Waals surface area contributed by atoms with Gasteiger partial charge in [0.1, 0.15) is 0 Å². The minimum Gasteiger partial charge on any atom is -0.325 e. The van der Waals surface area contributed by atoms with Crippen LogP contribution < -0.4 is 10.6 Å². The highest BCUT2D eigenvalue weighted by Gasteiger charge is 2.22. The molecule has 1 aliphatic carbocycles. The molecule has 2 fully saturated rings. The third-order valence-corrected chi connectivity index (χ3v) is 5.32. The van der Waals surface area contributed by atoms with E-state index >= 15 is 0 Å². The molecule has 1 aliphatic heterocycles. The van der Waals surface area contributed by atoms with E-state index in [1.165, 1.54) is 37.7 Å². The molecule has 2 aliphatic rings. The number of rotatable bonds is 5. The number of nitrogens with one attached hydrogen (secondary N) is 2. The number of hydrogen-bond acceptors (Lipinski definition) is 3. The molecule has 0 aromatic heterocycles. The molecule has 126 valence electrons. The number of amides is 1. The molecule has 1 saturated carbocycles. The van der Waals surface area contributed by atoms with Crippen LogP contribution in [0, 0.1) is 0 Å². The van der Waals surface area contributed by atoms with E-state index in [9.17, 15) is 4.79 Å². The number of carbonyl (C=O) groups excluding carboxylic acids is 1. The van der Waals surface area contributed by atoms with Crippen LogP contribution in [0.15, 0.2) is 24.3 Å². The first-order valence-electron chi connectivity index (χ1n) is 9.04. The van der Waals surface area contributed by atoms with Gasteiger partial charge in [0.15, 0.2) is 0 Å². The summed E-state index contributed by atoms with van der Waals surface area (Å²) in [5.74, 6) is 0.809. The standard InChI is InChI=1S/C19H29N3O/c1-20-18-11-12-22(13-18)14-19(23)21-17-9-7-16(8-10-17)15-5-3-2-4-6-15/h7-10,15,18,20H,2-6,11-14H2,1H3,(H,21,23)/t18-/m1/s1. The van der Waals surface area contributed by atoms with Crippen molar-refractivity contribution in [2.75, 3.05) is 32.0 Å². The predicted octanol–water partition coefficient (Wildman–Crippen LogP) is 2.97. The van der Waals surface area contributed by atoms with E-state index in [1.54, 1.807) is 0 Å². The molecule has 4 heteroatoms. The van der Waals surface area contributed by atoms with Gasteiger partial charge < -0.3 is 10.6 Å². The topological polar surface area (TPSA) is 44.4 Å². The summed E-state index contributed by atoms with van der Waals surface area (Å²) in [6.07, 6.45) is 7.84. The molecule has 0 unspecified atom stereocenters. The highest BCUT2D eigenvalue weighted by molar-refractivity contribution is 5.92. The van der Waals surface area contributed by atoms with Gasteiger partial charge in [-0.1, -0.05) is 31.4 Å². The number of likely N-dealkylation sites (N-methyl/N-ethyl adjacent to an activating group) is 1. The van der Waals surface area contributed by atoms with Gasteiger partial charge in [-0.3, -0.25) is 9.69 Å². The second-order valence-corrected chi connectivity index (χ2v) is 7.01. The Hall–Kier alpha value is -1.39. The van der Waals surface area contributed by atoms with Crippen molar-refractivity contribution in [2.45, 2.75) is 50.5 Å². The van der Waals surface area contributed by atoms with Crippen molar-refractivity contribution in [3.8, 4) is 0 Å². The number of anilines is 1. The van der Waals surface area contributed by atoms with Crippen molar-refractivity contribution in [3.05, 3.63) is 29.8 Å². The fourth-order valence-corrected chi connectivity index (χ4v) is 3.89. The van der Waals surface area contributed by atoms with Gasteiger partial charge in [-0.05, 0) is 49.9 Å². The first kappa shape index (κ1) is 16.5. The molecule has 0 spiro atoms. The predicted molar refractivity (Wildman–Crippen MR) is 94.8 cm³/mol. The Morgan fingerprint density at radius 2 is 1.87 bits per heavy atom. The Morgan fingerprint density at radius 3 is 2.52 bits per heavy atom. The Balaban J connectivity index is 1.48. The van der Waals surface area contributed by atoms with Crippen molar-refractivity contribution in [2.24, 2.45) is 0 Å². The molecule has 3 rings (SSSR count). The van der Waals surface area contributed by atoms with Gasteiger partial charge in [-0.25, -0.2) is 0 Å². The first-order chi connectivity index (χ1) is 11.2. The normalized spacial score (nSPS) is 23.1. The largest absolute Gasteiger partial charge is 0.325 e. The number of hydrogen-bond donors (Lipinski definition) is 2. The van der Waals surface area contributed by atoms with E-state index in [4.69, 9.17) is 0 Å². The molecule has 1 heterocycles. The zero-order chi connectivity index (χ0) is 16.1. The minimum absolute atomic E-state index is 0.0900. The number of carbonyl (C=O) groups is 1. The molecule has 0 bridgehead atoms. The highest BCUT2D eigenvalue weighted by Crippen LogP contribution is 2.32. The van der Waals surface area contributed by atoms with Crippen molar-refractivity contribution < 1.29 is 4.79 Å². The third kappa shape index (κ3) is 4.55. The van der Waals surface area contributed by atoms with E-state index in [1.807, 2.05) is 7.05 Å². The Bertz CT molecular complexity index is 508. The van der Waals surface area contributed by atoms with Crippen molar-refractivity contribution in [1.29, 1.82) is 0 Å². The van der Waals surface area contributed by atoms with Crippen LogP contribution in [0.25, 0.3) is 0 Å². The maximum atomic E-state index is 12.2. The average molecular weight is 315 g/mol. The Kier molecular flexibility index (Phi) is 5.68.